The third-order valence-corrected chi connectivity index (χ3v) is 2.88. The molecule has 1 N–H and O–H groups in total. The van der Waals surface area contributed by atoms with Crippen molar-refractivity contribution in [2.75, 3.05) is 13.1 Å². The summed E-state index contributed by atoms with van der Waals surface area (Å²) >= 11 is 3.30. The average Bonchev–Trinajstić information content (AvgIpc) is 2.60. The van der Waals surface area contributed by atoms with Crippen LogP contribution in [0.25, 0.3) is 0 Å². The molecule has 0 aliphatic carbocycles. The van der Waals surface area contributed by atoms with Gasteiger partial charge in [0.25, 0.3) is 0 Å². The summed E-state index contributed by atoms with van der Waals surface area (Å²) < 4.78 is 6.23. The standard InChI is InChI=1S/C12H20BrNO/c1-3-4-10(2)9-14-8-7-11-5-6-12(13)15-11/h5-6,10,14H,3-4,7-9H2,1-2H3. The van der Waals surface area contributed by atoms with Gasteiger partial charge in [0.2, 0.25) is 0 Å². The molecule has 86 valence electrons. The van der Waals surface area contributed by atoms with Crippen LogP contribution >= 0.6 is 15.9 Å². The molecule has 1 heterocycles. The van der Waals surface area contributed by atoms with E-state index in [1.54, 1.807) is 0 Å². The van der Waals surface area contributed by atoms with Crippen LogP contribution in [0.1, 0.15) is 32.4 Å². The summed E-state index contributed by atoms with van der Waals surface area (Å²) in [7, 11) is 0. The predicted octanol–water partition coefficient (Wildman–Crippen LogP) is 3.61. The minimum Gasteiger partial charge on any atom is -0.454 e. The number of hydrogen-bond acceptors (Lipinski definition) is 2. The van der Waals surface area contributed by atoms with Gasteiger partial charge in [0.15, 0.2) is 4.67 Å². The number of furan rings is 1. The van der Waals surface area contributed by atoms with Crippen LogP contribution in [0.3, 0.4) is 0 Å². The third kappa shape index (κ3) is 5.38. The Bertz CT molecular complexity index is 272. The van der Waals surface area contributed by atoms with Crippen LogP contribution in [0.5, 0.6) is 0 Å². The number of halogens is 1. The fourth-order valence-electron chi connectivity index (χ4n) is 1.64. The van der Waals surface area contributed by atoms with E-state index in [1.165, 1.54) is 12.8 Å². The Kier molecular flexibility index (Phi) is 6.03. The van der Waals surface area contributed by atoms with Crippen molar-refractivity contribution in [3.8, 4) is 0 Å². The fraction of sp³-hybridized carbons (Fsp3) is 0.667. The second kappa shape index (κ2) is 7.07. The Hall–Kier alpha value is -0.280. The smallest absolute Gasteiger partial charge is 0.169 e. The van der Waals surface area contributed by atoms with Crippen LogP contribution < -0.4 is 5.32 Å². The summed E-state index contributed by atoms with van der Waals surface area (Å²) in [4.78, 5) is 0. The first-order chi connectivity index (χ1) is 7.22. The number of hydrogen-bond donors (Lipinski definition) is 1. The summed E-state index contributed by atoms with van der Waals surface area (Å²) in [5.41, 5.74) is 0. The first kappa shape index (κ1) is 12.8. The lowest BCUT2D eigenvalue weighted by Gasteiger charge is -2.10. The average molecular weight is 274 g/mol. The van der Waals surface area contributed by atoms with Crippen molar-refractivity contribution in [1.82, 2.24) is 5.32 Å². The van der Waals surface area contributed by atoms with Crippen LogP contribution in [-0.2, 0) is 6.42 Å². The summed E-state index contributed by atoms with van der Waals surface area (Å²) in [6.45, 7) is 6.63. The predicted molar refractivity (Wildman–Crippen MR) is 67.1 cm³/mol. The molecule has 0 aliphatic heterocycles. The minimum atomic E-state index is 0.776. The first-order valence-corrected chi connectivity index (χ1v) is 6.46. The zero-order chi connectivity index (χ0) is 11.1. The Labute approximate surface area is 101 Å². The van der Waals surface area contributed by atoms with Crippen LogP contribution in [0.4, 0.5) is 0 Å². The van der Waals surface area contributed by atoms with Crippen molar-refractivity contribution in [3.63, 3.8) is 0 Å². The van der Waals surface area contributed by atoms with Gasteiger partial charge >= 0.3 is 0 Å². The second-order valence-corrected chi connectivity index (χ2v) is 4.84. The summed E-state index contributed by atoms with van der Waals surface area (Å²) in [5, 5.41) is 3.45. The van der Waals surface area contributed by atoms with Gasteiger partial charge in [0, 0.05) is 13.0 Å². The van der Waals surface area contributed by atoms with Gasteiger partial charge in [-0.2, -0.15) is 0 Å². The molecule has 0 spiro atoms. The highest BCUT2D eigenvalue weighted by molar-refractivity contribution is 9.10. The Morgan fingerprint density at radius 1 is 1.47 bits per heavy atom. The van der Waals surface area contributed by atoms with Gasteiger partial charge in [0.1, 0.15) is 5.76 Å². The highest BCUT2D eigenvalue weighted by atomic mass is 79.9. The summed E-state index contributed by atoms with van der Waals surface area (Å²) in [6, 6.07) is 3.95. The van der Waals surface area contributed by atoms with Gasteiger partial charge in [-0.1, -0.05) is 20.3 Å². The molecule has 3 heteroatoms. The first-order valence-electron chi connectivity index (χ1n) is 5.67. The van der Waals surface area contributed by atoms with Gasteiger partial charge < -0.3 is 9.73 Å². The van der Waals surface area contributed by atoms with E-state index in [0.717, 1.165) is 35.9 Å². The Morgan fingerprint density at radius 3 is 2.87 bits per heavy atom. The van der Waals surface area contributed by atoms with Crippen molar-refractivity contribution < 1.29 is 4.42 Å². The lowest BCUT2D eigenvalue weighted by atomic mass is 10.1. The number of nitrogens with one attached hydrogen (secondary N) is 1. The maximum atomic E-state index is 5.41. The van der Waals surface area contributed by atoms with Crippen molar-refractivity contribution in [3.05, 3.63) is 22.6 Å². The molecule has 1 atom stereocenters. The molecule has 1 aromatic heterocycles. The molecule has 15 heavy (non-hydrogen) atoms. The molecule has 0 radical (unpaired) electrons. The van der Waals surface area contributed by atoms with Crippen molar-refractivity contribution in [1.29, 1.82) is 0 Å². The molecule has 1 aromatic rings. The van der Waals surface area contributed by atoms with Crippen LogP contribution in [0.2, 0.25) is 0 Å². The van der Waals surface area contributed by atoms with Gasteiger partial charge in [-0.15, -0.1) is 0 Å². The molecule has 1 unspecified atom stereocenters. The Balaban J connectivity index is 2.06. The van der Waals surface area contributed by atoms with E-state index in [4.69, 9.17) is 4.42 Å². The van der Waals surface area contributed by atoms with E-state index in [9.17, 15) is 0 Å². The molecule has 0 saturated heterocycles. The van der Waals surface area contributed by atoms with Crippen LogP contribution in [0.15, 0.2) is 21.2 Å². The quantitative estimate of drug-likeness (QED) is 0.768. The lowest BCUT2D eigenvalue weighted by molar-refractivity contribution is 0.452. The van der Waals surface area contributed by atoms with Crippen LogP contribution in [-0.4, -0.2) is 13.1 Å². The third-order valence-electron chi connectivity index (χ3n) is 2.45. The maximum absolute atomic E-state index is 5.41. The SMILES string of the molecule is CCCC(C)CNCCc1ccc(Br)o1. The van der Waals surface area contributed by atoms with E-state index < -0.39 is 0 Å². The van der Waals surface area contributed by atoms with Crippen molar-refractivity contribution in [2.45, 2.75) is 33.1 Å². The molecule has 2 nitrogen and oxygen atoms in total. The number of rotatable bonds is 7. The largest absolute Gasteiger partial charge is 0.454 e. The lowest BCUT2D eigenvalue weighted by Crippen LogP contribution is -2.23. The van der Waals surface area contributed by atoms with E-state index in [1.807, 2.05) is 12.1 Å². The molecule has 0 aliphatic rings. The minimum absolute atomic E-state index is 0.776. The summed E-state index contributed by atoms with van der Waals surface area (Å²) in [6.07, 6.45) is 3.54. The molecule has 0 bridgehead atoms. The molecular formula is C12H20BrNO. The van der Waals surface area contributed by atoms with E-state index in [2.05, 4.69) is 35.1 Å². The highest BCUT2D eigenvalue weighted by Crippen LogP contribution is 2.14. The van der Waals surface area contributed by atoms with Gasteiger partial charge in [-0.3, -0.25) is 0 Å². The van der Waals surface area contributed by atoms with Gasteiger partial charge in [-0.25, -0.2) is 0 Å². The molecule has 0 saturated carbocycles. The zero-order valence-corrected chi connectivity index (χ0v) is 11.1. The molecular weight excluding hydrogens is 254 g/mol. The van der Waals surface area contributed by atoms with E-state index >= 15 is 0 Å². The molecule has 1 rings (SSSR count). The highest BCUT2D eigenvalue weighted by Gasteiger charge is 2.01. The second-order valence-electron chi connectivity index (χ2n) is 4.05. The monoisotopic (exact) mass is 273 g/mol. The normalized spacial score (nSPS) is 13.0. The Morgan fingerprint density at radius 2 is 2.27 bits per heavy atom. The van der Waals surface area contributed by atoms with Gasteiger partial charge in [-0.05, 0) is 46.9 Å². The van der Waals surface area contributed by atoms with Crippen molar-refractivity contribution >= 4 is 15.9 Å². The van der Waals surface area contributed by atoms with Gasteiger partial charge in [0.05, 0.1) is 0 Å². The van der Waals surface area contributed by atoms with E-state index in [-0.39, 0.29) is 0 Å². The van der Waals surface area contributed by atoms with E-state index in [0.29, 0.717) is 0 Å². The topological polar surface area (TPSA) is 25.2 Å². The molecule has 0 fully saturated rings. The van der Waals surface area contributed by atoms with Crippen molar-refractivity contribution in [2.24, 2.45) is 5.92 Å². The molecule has 0 aromatic carbocycles. The van der Waals surface area contributed by atoms with Crippen LogP contribution in [0, 0.1) is 5.92 Å². The zero-order valence-electron chi connectivity index (χ0n) is 9.55. The fourth-order valence-corrected chi connectivity index (χ4v) is 1.98. The summed E-state index contributed by atoms with van der Waals surface area (Å²) in [5.74, 6) is 1.82. The molecule has 0 amide bonds. The maximum Gasteiger partial charge on any atom is 0.169 e.